The Balaban J connectivity index is 1.81. The Labute approximate surface area is 128 Å². The largest absolute Gasteiger partial charge is 0.497 e. The van der Waals surface area contributed by atoms with Crippen LogP contribution in [0.5, 0.6) is 5.75 Å². The summed E-state index contributed by atoms with van der Waals surface area (Å²) in [5.74, 6) is 0.873. The number of benzene rings is 1. The van der Waals surface area contributed by atoms with E-state index in [0.717, 1.165) is 16.0 Å². The normalized spacial score (nSPS) is 19.5. The number of carbonyl (C=O) groups excluding carboxylic acids is 1. The standard InChI is InChI=1S/C16H20N2O2S/c1-15(2)12(16(15,3)4)13(19)18-14-17-10-8-9(20-5)6-7-11(10)21-14/h6-8,12H,1-5H3,(H,17,18,19). The van der Waals surface area contributed by atoms with Crippen molar-refractivity contribution in [1.29, 1.82) is 0 Å². The molecule has 1 aromatic carbocycles. The van der Waals surface area contributed by atoms with E-state index in [4.69, 9.17) is 4.74 Å². The van der Waals surface area contributed by atoms with E-state index in [9.17, 15) is 4.79 Å². The van der Waals surface area contributed by atoms with Crippen LogP contribution in [-0.2, 0) is 4.79 Å². The number of fused-ring (bicyclic) bond motifs is 1. The second-order valence-corrected chi connectivity index (χ2v) is 7.75. The molecule has 1 aromatic heterocycles. The summed E-state index contributed by atoms with van der Waals surface area (Å²) in [6.07, 6.45) is 0. The maximum absolute atomic E-state index is 12.4. The molecule has 1 aliphatic rings. The Bertz CT molecular complexity index is 704. The van der Waals surface area contributed by atoms with Gasteiger partial charge in [0.05, 0.1) is 17.3 Å². The van der Waals surface area contributed by atoms with E-state index in [1.807, 2.05) is 18.2 Å². The number of methoxy groups -OCH3 is 1. The third kappa shape index (κ3) is 2.11. The highest BCUT2D eigenvalue weighted by atomic mass is 32.1. The summed E-state index contributed by atoms with van der Waals surface area (Å²) >= 11 is 1.49. The number of nitrogens with one attached hydrogen (secondary N) is 1. The lowest BCUT2D eigenvalue weighted by molar-refractivity contribution is -0.118. The van der Waals surface area contributed by atoms with Gasteiger partial charge in [0.2, 0.25) is 5.91 Å². The highest BCUT2D eigenvalue weighted by Crippen LogP contribution is 2.68. The van der Waals surface area contributed by atoms with Crippen LogP contribution >= 0.6 is 11.3 Å². The van der Waals surface area contributed by atoms with Gasteiger partial charge in [0, 0.05) is 12.0 Å². The summed E-state index contributed by atoms with van der Waals surface area (Å²) in [7, 11) is 1.63. The van der Waals surface area contributed by atoms with Gasteiger partial charge in [-0.25, -0.2) is 4.98 Å². The molecule has 3 rings (SSSR count). The number of hydrogen-bond donors (Lipinski definition) is 1. The van der Waals surface area contributed by atoms with Crippen LogP contribution in [0.3, 0.4) is 0 Å². The van der Waals surface area contributed by atoms with Crippen molar-refractivity contribution >= 4 is 32.6 Å². The van der Waals surface area contributed by atoms with Crippen molar-refractivity contribution in [1.82, 2.24) is 4.98 Å². The molecule has 21 heavy (non-hydrogen) atoms. The van der Waals surface area contributed by atoms with Gasteiger partial charge in [-0.2, -0.15) is 0 Å². The lowest BCUT2D eigenvalue weighted by Gasteiger charge is -2.03. The van der Waals surface area contributed by atoms with Gasteiger partial charge < -0.3 is 10.1 Å². The fraction of sp³-hybridized carbons (Fsp3) is 0.500. The summed E-state index contributed by atoms with van der Waals surface area (Å²) in [5, 5.41) is 3.62. The highest BCUT2D eigenvalue weighted by Gasteiger charge is 2.68. The Morgan fingerprint density at radius 2 is 1.95 bits per heavy atom. The number of nitrogens with zero attached hydrogens (tertiary/aromatic N) is 1. The first-order valence-corrected chi connectivity index (χ1v) is 7.84. The molecule has 0 radical (unpaired) electrons. The van der Waals surface area contributed by atoms with Crippen molar-refractivity contribution in [2.45, 2.75) is 27.7 Å². The van der Waals surface area contributed by atoms with Crippen molar-refractivity contribution in [3.63, 3.8) is 0 Å². The maximum atomic E-state index is 12.4. The molecule has 0 spiro atoms. The van der Waals surface area contributed by atoms with Crippen molar-refractivity contribution in [3.05, 3.63) is 18.2 Å². The number of carbonyl (C=O) groups is 1. The van der Waals surface area contributed by atoms with Gasteiger partial charge in [0.25, 0.3) is 0 Å². The van der Waals surface area contributed by atoms with Crippen LogP contribution in [0.2, 0.25) is 0 Å². The third-order valence-electron chi connectivity index (χ3n) is 5.11. The molecule has 1 N–H and O–H groups in total. The molecule has 112 valence electrons. The predicted molar refractivity (Wildman–Crippen MR) is 85.9 cm³/mol. The number of rotatable bonds is 3. The molecule has 1 amide bonds. The van der Waals surface area contributed by atoms with Crippen molar-refractivity contribution < 1.29 is 9.53 Å². The molecule has 0 aliphatic heterocycles. The van der Waals surface area contributed by atoms with E-state index in [1.54, 1.807) is 7.11 Å². The predicted octanol–water partition coefficient (Wildman–Crippen LogP) is 3.93. The second-order valence-electron chi connectivity index (χ2n) is 6.72. The first-order chi connectivity index (χ1) is 9.77. The second kappa shape index (κ2) is 4.44. The van der Waals surface area contributed by atoms with Crippen LogP contribution in [0, 0.1) is 16.7 Å². The minimum atomic E-state index is 0.0338. The quantitative estimate of drug-likeness (QED) is 0.935. The Kier molecular flexibility index (Phi) is 3.03. The molecular formula is C16H20N2O2S. The smallest absolute Gasteiger partial charge is 0.230 e. The third-order valence-corrected chi connectivity index (χ3v) is 6.06. The van der Waals surface area contributed by atoms with Gasteiger partial charge in [0.15, 0.2) is 5.13 Å². The van der Waals surface area contributed by atoms with Crippen LogP contribution in [0.4, 0.5) is 5.13 Å². The summed E-state index contributed by atoms with van der Waals surface area (Å²) in [6, 6.07) is 5.75. The Hall–Kier alpha value is -1.62. The van der Waals surface area contributed by atoms with Gasteiger partial charge in [-0.15, -0.1) is 0 Å². The Morgan fingerprint density at radius 1 is 1.29 bits per heavy atom. The molecule has 4 nitrogen and oxygen atoms in total. The number of ether oxygens (including phenoxy) is 1. The number of thiazole rings is 1. The minimum absolute atomic E-state index is 0.0338. The SMILES string of the molecule is COc1ccc2sc(NC(=O)C3C(C)(C)C3(C)C)nc2c1. The van der Waals surface area contributed by atoms with E-state index in [0.29, 0.717) is 5.13 Å². The molecule has 0 saturated heterocycles. The van der Waals surface area contributed by atoms with Crippen molar-refractivity contribution in [3.8, 4) is 5.75 Å². The van der Waals surface area contributed by atoms with E-state index in [2.05, 4.69) is 38.0 Å². The van der Waals surface area contributed by atoms with E-state index >= 15 is 0 Å². The molecule has 2 aromatic rings. The number of anilines is 1. The van der Waals surface area contributed by atoms with Gasteiger partial charge in [0.1, 0.15) is 5.75 Å². The molecule has 0 unspecified atom stereocenters. The molecule has 1 heterocycles. The molecule has 0 atom stereocenters. The summed E-state index contributed by atoms with van der Waals surface area (Å²) < 4.78 is 6.23. The van der Waals surface area contributed by atoms with Crippen LogP contribution in [-0.4, -0.2) is 18.0 Å². The van der Waals surface area contributed by atoms with E-state index in [-0.39, 0.29) is 22.7 Å². The van der Waals surface area contributed by atoms with E-state index < -0.39 is 0 Å². The Morgan fingerprint density at radius 3 is 2.52 bits per heavy atom. The number of amides is 1. The number of hydrogen-bond acceptors (Lipinski definition) is 4. The lowest BCUT2D eigenvalue weighted by Crippen LogP contribution is -2.17. The first-order valence-electron chi connectivity index (χ1n) is 7.03. The topological polar surface area (TPSA) is 51.2 Å². The van der Waals surface area contributed by atoms with Gasteiger partial charge >= 0.3 is 0 Å². The zero-order chi connectivity index (χ0) is 15.4. The van der Waals surface area contributed by atoms with Crippen molar-refractivity contribution in [2.24, 2.45) is 16.7 Å². The minimum Gasteiger partial charge on any atom is -0.497 e. The van der Waals surface area contributed by atoms with Gasteiger partial charge in [-0.05, 0) is 23.0 Å². The average molecular weight is 304 g/mol. The number of aromatic nitrogens is 1. The molecule has 5 heteroatoms. The monoisotopic (exact) mass is 304 g/mol. The zero-order valence-corrected chi connectivity index (χ0v) is 13.8. The lowest BCUT2D eigenvalue weighted by atomic mass is 10.0. The summed E-state index contributed by atoms with van der Waals surface area (Å²) in [5.41, 5.74) is 0.928. The van der Waals surface area contributed by atoms with Gasteiger partial charge in [-0.3, -0.25) is 4.79 Å². The molecule has 1 saturated carbocycles. The molecule has 1 aliphatic carbocycles. The van der Waals surface area contributed by atoms with Crippen LogP contribution in [0.1, 0.15) is 27.7 Å². The van der Waals surface area contributed by atoms with Crippen LogP contribution in [0.15, 0.2) is 18.2 Å². The zero-order valence-electron chi connectivity index (χ0n) is 13.0. The molecular weight excluding hydrogens is 284 g/mol. The summed E-state index contributed by atoms with van der Waals surface area (Å²) in [4.78, 5) is 16.9. The summed E-state index contributed by atoms with van der Waals surface area (Å²) in [6.45, 7) is 8.56. The fourth-order valence-corrected chi connectivity index (χ4v) is 3.97. The first kappa shape index (κ1) is 14.3. The maximum Gasteiger partial charge on any atom is 0.230 e. The molecule has 1 fully saturated rings. The van der Waals surface area contributed by atoms with Gasteiger partial charge in [-0.1, -0.05) is 39.0 Å². The van der Waals surface area contributed by atoms with Crippen molar-refractivity contribution in [2.75, 3.05) is 12.4 Å². The van der Waals surface area contributed by atoms with Crippen LogP contribution in [0.25, 0.3) is 10.2 Å². The molecule has 0 bridgehead atoms. The fourth-order valence-electron chi connectivity index (χ4n) is 3.12. The average Bonchev–Trinajstić information content (AvgIpc) is 2.71. The van der Waals surface area contributed by atoms with E-state index in [1.165, 1.54) is 11.3 Å². The highest BCUT2D eigenvalue weighted by molar-refractivity contribution is 7.22. The van der Waals surface area contributed by atoms with Crippen LogP contribution < -0.4 is 10.1 Å².